The van der Waals surface area contributed by atoms with Crippen molar-refractivity contribution in [1.29, 1.82) is 0 Å². The maximum atomic E-state index is 12.8. The number of nitrogens with one attached hydrogen (secondary N) is 2. The molecule has 1 heterocycles. The molecule has 2 aromatic carbocycles. The van der Waals surface area contributed by atoms with Crippen LogP contribution in [0.15, 0.2) is 64.2 Å². The number of benzene rings is 2. The Kier molecular flexibility index (Phi) is 6.47. The molecule has 30 heavy (non-hydrogen) atoms. The Bertz CT molecular complexity index is 1200. The number of unbranched alkanes of at least 4 members (excludes halogenated alkanes) is 1. The van der Waals surface area contributed by atoms with Crippen molar-refractivity contribution in [2.75, 3.05) is 15.2 Å². The van der Waals surface area contributed by atoms with Crippen LogP contribution < -0.4 is 9.44 Å². The molecule has 1 aromatic heterocycles. The fourth-order valence-corrected chi connectivity index (χ4v) is 5.09. The highest BCUT2D eigenvalue weighted by atomic mass is 32.2. The first-order valence-corrected chi connectivity index (χ1v) is 12.5. The maximum Gasteiger partial charge on any atom is 0.261 e. The molecule has 3 rings (SSSR count). The lowest BCUT2D eigenvalue weighted by Gasteiger charge is -2.12. The van der Waals surface area contributed by atoms with Crippen LogP contribution in [-0.4, -0.2) is 27.6 Å². The molecule has 0 spiro atoms. The molecule has 10 heteroatoms. The van der Waals surface area contributed by atoms with Crippen molar-refractivity contribution >= 4 is 31.4 Å². The SMILES string of the molecule is CCCCS(=O)(=O)Nc1ccc(S(=O)(=O)Nc2cc(-c3ncco3)ccc2C)cc1. The normalized spacial score (nSPS) is 11.9. The molecule has 0 fully saturated rings. The van der Waals surface area contributed by atoms with Crippen LogP contribution in [0.4, 0.5) is 11.4 Å². The lowest BCUT2D eigenvalue weighted by atomic mass is 10.1. The Labute approximate surface area is 176 Å². The topological polar surface area (TPSA) is 118 Å². The van der Waals surface area contributed by atoms with E-state index in [1.165, 1.54) is 36.7 Å². The smallest absolute Gasteiger partial charge is 0.261 e. The maximum absolute atomic E-state index is 12.8. The summed E-state index contributed by atoms with van der Waals surface area (Å²) in [6.07, 6.45) is 4.27. The van der Waals surface area contributed by atoms with E-state index in [0.717, 1.165) is 12.0 Å². The van der Waals surface area contributed by atoms with Gasteiger partial charge in [-0.3, -0.25) is 9.44 Å². The average Bonchev–Trinajstić information content (AvgIpc) is 3.23. The van der Waals surface area contributed by atoms with E-state index in [9.17, 15) is 16.8 Å². The Morgan fingerprint density at radius 3 is 2.37 bits per heavy atom. The first kappa shape index (κ1) is 21.8. The van der Waals surface area contributed by atoms with Crippen LogP contribution in [0.25, 0.3) is 11.5 Å². The van der Waals surface area contributed by atoms with Gasteiger partial charge in [-0.05, 0) is 55.3 Å². The number of oxazole rings is 1. The zero-order valence-corrected chi connectivity index (χ0v) is 18.3. The molecule has 0 amide bonds. The number of rotatable bonds is 9. The van der Waals surface area contributed by atoms with Gasteiger partial charge in [-0.1, -0.05) is 19.4 Å². The van der Waals surface area contributed by atoms with E-state index in [4.69, 9.17) is 4.42 Å². The molecular weight excluding hydrogens is 426 g/mol. The van der Waals surface area contributed by atoms with Crippen molar-refractivity contribution in [2.45, 2.75) is 31.6 Å². The second-order valence-electron chi connectivity index (χ2n) is 6.77. The number of hydrogen-bond donors (Lipinski definition) is 2. The molecule has 0 saturated heterocycles. The molecule has 0 atom stereocenters. The van der Waals surface area contributed by atoms with E-state index < -0.39 is 20.0 Å². The predicted molar refractivity (Wildman–Crippen MR) is 116 cm³/mol. The quantitative estimate of drug-likeness (QED) is 0.510. The van der Waals surface area contributed by atoms with Gasteiger partial charge in [0.2, 0.25) is 15.9 Å². The summed E-state index contributed by atoms with van der Waals surface area (Å²) >= 11 is 0. The lowest BCUT2D eigenvalue weighted by Crippen LogP contribution is -2.17. The third-order valence-electron chi connectivity index (χ3n) is 4.37. The Hall–Kier alpha value is -2.85. The number of hydrogen-bond acceptors (Lipinski definition) is 6. The third kappa shape index (κ3) is 5.39. The third-order valence-corrected chi connectivity index (χ3v) is 7.12. The second kappa shape index (κ2) is 8.88. The van der Waals surface area contributed by atoms with Crippen LogP contribution in [0.2, 0.25) is 0 Å². The summed E-state index contributed by atoms with van der Waals surface area (Å²) in [5.41, 5.74) is 2.08. The molecule has 3 aromatic rings. The molecular formula is C20H23N3O5S2. The van der Waals surface area contributed by atoms with Crippen molar-refractivity contribution < 1.29 is 21.3 Å². The van der Waals surface area contributed by atoms with Gasteiger partial charge in [-0.2, -0.15) is 0 Å². The van der Waals surface area contributed by atoms with Gasteiger partial charge in [0.1, 0.15) is 6.26 Å². The van der Waals surface area contributed by atoms with Crippen molar-refractivity contribution in [3.8, 4) is 11.5 Å². The molecule has 0 saturated carbocycles. The van der Waals surface area contributed by atoms with E-state index in [0.29, 0.717) is 29.2 Å². The minimum atomic E-state index is -3.87. The van der Waals surface area contributed by atoms with Crippen molar-refractivity contribution in [2.24, 2.45) is 0 Å². The number of anilines is 2. The van der Waals surface area contributed by atoms with E-state index >= 15 is 0 Å². The van der Waals surface area contributed by atoms with Gasteiger partial charge in [0.05, 0.1) is 22.5 Å². The standard InChI is InChI=1S/C20H23N3O5S2/c1-3-4-13-29(24,25)22-17-7-9-18(10-8-17)30(26,27)23-19-14-16(6-5-15(19)2)20-21-11-12-28-20/h5-12,14,22-23H,3-4,13H2,1-2H3. The van der Waals surface area contributed by atoms with E-state index in [2.05, 4.69) is 14.4 Å². The number of nitrogens with zero attached hydrogens (tertiary/aromatic N) is 1. The van der Waals surface area contributed by atoms with Crippen LogP contribution in [-0.2, 0) is 20.0 Å². The van der Waals surface area contributed by atoms with Gasteiger partial charge in [0.25, 0.3) is 10.0 Å². The Morgan fingerprint density at radius 2 is 1.73 bits per heavy atom. The summed E-state index contributed by atoms with van der Waals surface area (Å²) in [6, 6.07) is 10.8. The number of aryl methyl sites for hydroxylation is 1. The molecule has 0 bridgehead atoms. The van der Waals surface area contributed by atoms with E-state index in [1.807, 2.05) is 6.92 Å². The van der Waals surface area contributed by atoms with Gasteiger partial charge in [0.15, 0.2) is 0 Å². The lowest BCUT2D eigenvalue weighted by molar-refractivity contribution is 0.574. The van der Waals surface area contributed by atoms with Crippen molar-refractivity contribution in [3.05, 3.63) is 60.5 Å². The van der Waals surface area contributed by atoms with Crippen molar-refractivity contribution in [1.82, 2.24) is 4.98 Å². The van der Waals surface area contributed by atoms with E-state index in [1.54, 1.807) is 25.1 Å². The fraction of sp³-hybridized carbons (Fsp3) is 0.250. The van der Waals surface area contributed by atoms with Crippen LogP contribution in [0.5, 0.6) is 0 Å². The minimum absolute atomic E-state index is 0.0138. The second-order valence-corrected chi connectivity index (χ2v) is 10.3. The van der Waals surface area contributed by atoms with Gasteiger partial charge >= 0.3 is 0 Å². The summed E-state index contributed by atoms with van der Waals surface area (Å²) in [5.74, 6) is 0.404. The molecule has 0 aliphatic heterocycles. The van der Waals surface area contributed by atoms with Crippen molar-refractivity contribution in [3.63, 3.8) is 0 Å². The molecule has 160 valence electrons. The average molecular weight is 450 g/mol. The van der Waals surface area contributed by atoms with Crippen LogP contribution >= 0.6 is 0 Å². The summed E-state index contributed by atoms with van der Waals surface area (Å²) in [6.45, 7) is 3.69. The molecule has 0 aliphatic rings. The fourth-order valence-electron chi connectivity index (χ4n) is 2.70. The molecule has 8 nitrogen and oxygen atoms in total. The minimum Gasteiger partial charge on any atom is -0.445 e. The molecule has 0 aliphatic carbocycles. The van der Waals surface area contributed by atoms with Gasteiger partial charge in [-0.15, -0.1) is 0 Å². The molecule has 0 unspecified atom stereocenters. The molecule has 0 radical (unpaired) electrons. The van der Waals surface area contributed by atoms with E-state index in [-0.39, 0.29) is 10.6 Å². The highest BCUT2D eigenvalue weighted by Crippen LogP contribution is 2.26. The molecule has 2 N–H and O–H groups in total. The van der Waals surface area contributed by atoms with Crippen LogP contribution in [0.3, 0.4) is 0 Å². The first-order valence-electron chi connectivity index (χ1n) is 9.34. The zero-order valence-electron chi connectivity index (χ0n) is 16.6. The summed E-state index contributed by atoms with van der Waals surface area (Å²) in [7, 11) is -7.33. The van der Waals surface area contributed by atoms with Gasteiger partial charge in [0, 0.05) is 11.3 Å². The zero-order chi connectivity index (χ0) is 21.8. The first-order chi connectivity index (χ1) is 14.2. The highest BCUT2D eigenvalue weighted by Gasteiger charge is 2.17. The predicted octanol–water partition coefficient (Wildman–Crippen LogP) is 3.99. The van der Waals surface area contributed by atoms with Crippen LogP contribution in [0, 0.1) is 6.92 Å². The largest absolute Gasteiger partial charge is 0.445 e. The Morgan fingerprint density at radius 1 is 1.00 bits per heavy atom. The summed E-state index contributed by atoms with van der Waals surface area (Å²) in [5, 5.41) is 0. The van der Waals surface area contributed by atoms with Gasteiger partial charge in [-0.25, -0.2) is 21.8 Å². The monoisotopic (exact) mass is 449 g/mol. The van der Waals surface area contributed by atoms with Crippen LogP contribution in [0.1, 0.15) is 25.3 Å². The number of aromatic nitrogens is 1. The number of sulfonamides is 2. The summed E-state index contributed by atoms with van der Waals surface area (Å²) in [4.78, 5) is 4.08. The highest BCUT2D eigenvalue weighted by molar-refractivity contribution is 7.93. The van der Waals surface area contributed by atoms with Gasteiger partial charge < -0.3 is 4.42 Å². The summed E-state index contributed by atoms with van der Waals surface area (Å²) < 4.78 is 59.9. The Balaban J connectivity index is 1.79.